The lowest BCUT2D eigenvalue weighted by Gasteiger charge is -2.15. The van der Waals surface area contributed by atoms with Gasteiger partial charge in [0.05, 0.1) is 11.3 Å². The third-order valence-corrected chi connectivity index (χ3v) is 3.87. The predicted octanol–water partition coefficient (Wildman–Crippen LogP) is 3.89. The zero-order valence-corrected chi connectivity index (χ0v) is 15.0. The number of rotatable bonds is 7. The Morgan fingerprint density at radius 1 is 1.12 bits per heavy atom. The van der Waals surface area contributed by atoms with Gasteiger partial charge in [-0.25, -0.2) is 0 Å². The Kier molecular flexibility index (Phi) is 6.83. The molecule has 2 aromatic carbocycles. The number of benzene rings is 2. The van der Waals surface area contributed by atoms with Crippen LogP contribution in [0.15, 0.2) is 48.5 Å². The predicted molar refractivity (Wildman–Crippen MR) is 99.2 cm³/mol. The molecule has 2 aromatic rings. The number of ether oxygens (including phenoxy) is 1. The summed E-state index contributed by atoms with van der Waals surface area (Å²) in [4.78, 5) is 24.4. The number of amides is 2. The highest BCUT2D eigenvalue weighted by atomic mass is 35.5. The second-order valence-electron chi connectivity index (χ2n) is 5.62. The van der Waals surface area contributed by atoms with Gasteiger partial charge in [-0.15, -0.1) is 0 Å². The van der Waals surface area contributed by atoms with E-state index in [0.717, 1.165) is 6.42 Å². The SMILES string of the molecule is CC[C@H](C)NC(=O)c1ccccc1NC(=O)COc1ccc(Cl)cc1. The summed E-state index contributed by atoms with van der Waals surface area (Å²) in [6.45, 7) is 3.76. The largest absolute Gasteiger partial charge is 0.484 e. The Bertz CT molecular complexity index is 732. The van der Waals surface area contributed by atoms with E-state index in [1.165, 1.54) is 0 Å². The van der Waals surface area contributed by atoms with Crippen LogP contribution in [0.4, 0.5) is 5.69 Å². The number of halogens is 1. The van der Waals surface area contributed by atoms with E-state index in [1.807, 2.05) is 13.8 Å². The molecule has 0 bridgehead atoms. The van der Waals surface area contributed by atoms with Crippen molar-refractivity contribution in [2.45, 2.75) is 26.3 Å². The van der Waals surface area contributed by atoms with E-state index in [1.54, 1.807) is 48.5 Å². The van der Waals surface area contributed by atoms with Crippen LogP contribution >= 0.6 is 11.6 Å². The summed E-state index contributed by atoms with van der Waals surface area (Å²) in [6, 6.07) is 13.7. The first kappa shape index (κ1) is 18.8. The minimum absolute atomic E-state index is 0.0597. The molecule has 0 aliphatic rings. The van der Waals surface area contributed by atoms with Crippen molar-refractivity contribution in [3.63, 3.8) is 0 Å². The quantitative estimate of drug-likeness (QED) is 0.787. The van der Waals surface area contributed by atoms with Crippen molar-refractivity contribution in [3.05, 3.63) is 59.1 Å². The van der Waals surface area contributed by atoms with Gasteiger partial charge >= 0.3 is 0 Å². The van der Waals surface area contributed by atoms with Gasteiger partial charge in [-0.3, -0.25) is 9.59 Å². The van der Waals surface area contributed by atoms with Crippen LogP contribution in [-0.4, -0.2) is 24.5 Å². The van der Waals surface area contributed by atoms with Gasteiger partial charge in [-0.05, 0) is 49.7 Å². The second kappa shape index (κ2) is 9.08. The molecule has 0 unspecified atom stereocenters. The summed E-state index contributed by atoms with van der Waals surface area (Å²) in [5.74, 6) is -0.0232. The van der Waals surface area contributed by atoms with Gasteiger partial charge in [-0.2, -0.15) is 0 Å². The molecule has 2 N–H and O–H groups in total. The maximum absolute atomic E-state index is 12.3. The molecule has 0 saturated carbocycles. The van der Waals surface area contributed by atoms with Crippen molar-refractivity contribution in [2.24, 2.45) is 0 Å². The number of carbonyl (C=O) groups excluding carboxylic acids is 2. The average Bonchev–Trinajstić information content (AvgIpc) is 2.61. The number of hydrogen-bond donors (Lipinski definition) is 2. The molecule has 1 atom stereocenters. The first-order valence-electron chi connectivity index (χ1n) is 8.07. The topological polar surface area (TPSA) is 67.4 Å². The number of para-hydroxylation sites is 1. The minimum atomic E-state index is -0.348. The van der Waals surface area contributed by atoms with Gasteiger partial charge in [0.1, 0.15) is 5.75 Å². The molecule has 0 saturated heterocycles. The smallest absolute Gasteiger partial charge is 0.262 e. The van der Waals surface area contributed by atoms with E-state index in [-0.39, 0.29) is 24.5 Å². The Morgan fingerprint density at radius 2 is 1.80 bits per heavy atom. The molecule has 0 aliphatic carbocycles. The summed E-state index contributed by atoms with van der Waals surface area (Å²) >= 11 is 5.80. The number of carbonyl (C=O) groups is 2. The van der Waals surface area contributed by atoms with Gasteiger partial charge in [0, 0.05) is 11.1 Å². The first-order chi connectivity index (χ1) is 12.0. The van der Waals surface area contributed by atoms with Crippen molar-refractivity contribution in [1.29, 1.82) is 0 Å². The fourth-order valence-corrected chi connectivity index (χ4v) is 2.19. The average molecular weight is 361 g/mol. The molecule has 0 aliphatic heterocycles. The van der Waals surface area contributed by atoms with Crippen LogP contribution in [0.3, 0.4) is 0 Å². The third-order valence-electron chi connectivity index (χ3n) is 3.62. The molecule has 0 spiro atoms. The zero-order chi connectivity index (χ0) is 18.2. The molecule has 0 heterocycles. The molecule has 6 heteroatoms. The third kappa shape index (κ3) is 5.80. The molecular formula is C19H21ClN2O3. The highest BCUT2D eigenvalue weighted by Crippen LogP contribution is 2.17. The Balaban J connectivity index is 1.98. The van der Waals surface area contributed by atoms with E-state index in [9.17, 15) is 9.59 Å². The second-order valence-corrected chi connectivity index (χ2v) is 6.06. The molecule has 25 heavy (non-hydrogen) atoms. The van der Waals surface area contributed by atoms with Gasteiger partial charge in [0.2, 0.25) is 0 Å². The molecule has 0 fully saturated rings. The molecule has 2 rings (SSSR count). The van der Waals surface area contributed by atoms with E-state index in [4.69, 9.17) is 16.3 Å². The summed E-state index contributed by atoms with van der Waals surface area (Å²) in [7, 11) is 0. The van der Waals surface area contributed by atoms with E-state index < -0.39 is 0 Å². The molecular weight excluding hydrogens is 340 g/mol. The van der Waals surface area contributed by atoms with Crippen LogP contribution in [-0.2, 0) is 4.79 Å². The fourth-order valence-electron chi connectivity index (χ4n) is 2.06. The monoisotopic (exact) mass is 360 g/mol. The summed E-state index contributed by atoms with van der Waals surface area (Å²) in [6.07, 6.45) is 0.829. The number of anilines is 1. The van der Waals surface area contributed by atoms with Crippen LogP contribution in [0.25, 0.3) is 0 Å². The van der Waals surface area contributed by atoms with E-state index in [0.29, 0.717) is 22.0 Å². The molecule has 2 amide bonds. The van der Waals surface area contributed by atoms with Gasteiger partial charge in [-0.1, -0.05) is 30.7 Å². The molecule has 0 aromatic heterocycles. The Morgan fingerprint density at radius 3 is 2.48 bits per heavy atom. The first-order valence-corrected chi connectivity index (χ1v) is 8.45. The van der Waals surface area contributed by atoms with Crippen molar-refractivity contribution in [2.75, 3.05) is 11.9 Å². The number of nitrogens with one attached hydrogen (secondary N) is 2. The van der Waals surface area contributed by atoms with Gasteiger partial charge in [0.25, 0.3) is 11.8 Å². The highest BCUT2D eigenvalue weighted by molar-refractivity contribution is 6.30. The minimum Gasteiger partial charge on any atom is -0.484 e. The van der Waals surface area contributed by atoms with Crippen LogP contribution in [0, 0.1) is 0 Å². The van der Waals surface area contributed by atoms with Crippen molar-refractivity contribution in [1.82, 2.24) is 5.32 Å². The van der Waals surface area contributed by atoms with Gasteiger partial charge in [0.15, 0.2) is 6.61 Å². The van der Waals surface area contributed by atoms with Crippen LogP contribution in [0.1, 0.15) is 30.6 Å². The maximum Gasteiger partial charge on any atom is 0.262 e. The van der Waals surface area contributed by atoms with Gasteiger partial charge < -0.3 is 15.4 Å². The Labute approximate surface area is 152 Å². The van der Waals surface area contributed by atoms with Crippen molar-refractivity contribution >= 4 is 29.1 Å². The lowest BCUT2D eigenvalue weighted by molar-refractivity contribution is -0.118. The lowest BCUT2D eigenvalue weighted by Crippen LogP contribution is -2.33. The lowest BCUT2D eigenvalue weighted by atomic mass is 10.1. The molecule has 5 nitrogen and oxygen atoms in total. The summed E-state index contributed by atoms with van der Waals surface area (Å²) in [5.41, 5.74) is 0.871. The molecule has 0 radical (unpaired) electrons. The van der Waals surface area contributed by atoms with Crippen LogP contribution < -0.4 is 15.4 Å². The van der Waals surface area contributed by atoms with E-state index in [2.05, 4.69) is 10.6 Å². The number of hydrogen-bond acceptors (Lipinski definition) is 3. The fraction of sp³-hybridized carbons (Fsp3) is 0.263. The Hall–Kier alpha value is -2.53. The van der Waals surface area contributed by atoms with Crippen molar-refractivity contribution in [3.8, 4) is 5.75 Å². The van der Waals surface area contributed by atoms with E-state index >= 15 is 0 Å². The van der Waals surface area contributed by atoms with Crippen LogP contribution in [0.2, 0.25) is 5.02 Å². The summed E-state index contributed by atoms with van der Waals surface area (Å²) < 4.78 is 5.41. The molecule has 132 valence electrons. The standard InChI is InChI=1S/C19H21ClN2O3/c1-3-13(2)21-19(24)16-6-4-5-7-17(16)22-18(23)12-25-15-10-8-14(20)9-11-15/h4-11,13H,3,12H2,1-2H3,(H,21,24)(H,22,23)/t13-/m0/s1. The highest BCUT2D eigenvalue weighted by Gasteiger charge is 2.14. The summed E-state index contributed by atoms with van der Waals surface area (Å²) in [5, 5.41) is 6.20. The van der Waals surface area contributed by atoms with Crippen LogP contribution in [0.5, 0.6) is 5.75 Å². The van der Waals surface area contributed by atoms with Crippen molar-refractivity contribution < 1.29 is 14.3 Å². The normalized spacial score (nSPS) is 11.5. The zero-order valence-electron chi connectivity index (χ0n) is 14.2. The maximum atomic E-state index is 12.3.